The lowest BCUT2D eigenvalue weighted by molar-refractivity contribution is -0.112. The summed E-state index contributed by atoms with van der Waals surface area (Å²) in [5.74, 6) is -1.45. The van der Waals surface area contributed by atoms with E-state index in [2.05, 4.69) is 10.3 Å². The van der Waals surface area contributed by atoms with E-state index < -0.39 is 11.7 Å². The van der Waals surface area contributed by atoms with Crippen LogP contribution in [0, 0.1) is 6.92 Å². The molecule has 1 amide bonds. The van der Waals surface area contributed by atoms with Gasteiger partial charge in [-0.05, 0) is 32.0 Å². The van der Waals surface area contributed by atoms with Crippen molar-refractivity contribution in [1.82, 2.24) is 4.98 Å². The van der Waals surface area contributed by atoms with Crippen LogP contribution >= 0.6 is 0 Å². The van der Waals surface area contributed by atoms with Gasteiger partial charge < -0.3 is 10.3 Å². The van der Waals surface area contributed by atoms with Gasteiger partial charge in [0.2, 0.25) is 0 Å². The summed E-state index contributed by atoms with van der Waals surface area (Å²) in [6.07, 6.45) is 0. The minimum atomic E-state index is -0.733. The van der Waals surface area contributed by atoms with Gasteiger partial charge in [0.05, 0.1) is 5.56 Å². The first-order valence-corrected chi connectivity index (χ1v) is 7.51. The van der Waals surface area contributed by atoms with Gasteiger partial charge in [-0.3, -0.25) is 14.4 Å². The van der Waals surface area contributed by atoms with Crippen LogP contribution in [0.15, 0.2) is 48.5 Å². The summed E-state index contributed by atoms with van der Waals surface area (Å²) in [5.41, 5.74) is 2.71. The van der Waals surface area contributed by atoms with Crippen LogP contribution in [0.25, 0.3) is 10.9 Å². The minimum absolute atomic E-state index is 0.107. The molecule has 1 aromatic heterocycles. The van der Waals surface area contributed by atoms with Gasteiger partial charge >= 0.3 is 0 Å². The summed E-state index contributed by atoms with van der Waals surface area (Å²) < 4.78 is 0. The highest BCUT2D eigenvalue weighted by Crippen LogP contribution is 2.23. The van der Waals surface area contributed by atoms with E-state index in [-0.39, 0.29) is 5.78 Å². The number of hydrogen-bond donors (Lipinski definition) is 2. The molecular formula is C19H16N2O3. The van der Waals surface area contributed by atoms with Crippen LogP contribution in [0.4, 0.5) is 5.69 Å². The van der Waals surface area contributed by atoms with Gasteiger partial charge in [0, 0.05) is 27.8 Å². The Hall–Kier alpha value is -3.21. The second kappa shape index (κ2) is 6.12. The molecule has 0 bridgehead atoms. The first kappa shape index (κ1) is 15.7. The fraction of sp³-hybridized carbons (Fsp3) is 0.105. The number of hydrogen-bond acceptors (Lipinski definition) is 3. The third-order valence-corrected chi connectivity index (χ3v) is 3.85. The molecule has 0 spiro atoms. The molecule has 5 heteroatoms. The molecule has 120 valence electrons. The Morgan fingerprint density at radius 1 is 1.00 bits per heavy atom. The predicted octanol–water partition coefficient (Wildman–Crippen LogP) is 3.50. The number of ketones is 2. The van der Waals surface area contributed by atoms with Gasteiger partial charge in [0.15, 0.2) is 5.78 Å². The smallest absolute Gasteiger partial charge is 0.296 e. The summed E-state index contributed by atoms with van der Waals surface area (Å²) in [6, 6.07) is 13.8. The number of aryl methyl sites for hydroxylation is 1. The van der Waals surface area contributed by atoms with Crippen molar-refractivity contribution in [3.63, 3.8) is 0 Å². The highest BCUT2D eigenvalue weighted by Gasteiger charge is 2.22. The third kappa shape index (κ3) is 2.84. The number of carbonyl (C=O) groups excluding carboxylic acids is 3. The molecule has 0 unspecified atom stereocenters. The number of para-hydroxylation sites is 1. The first-order chi connectivity index (χ1) is 11.5. The number of rotatable bonds is 4. The molecule has 3 rings (SSSR count). The molecule has 0 fully saturated rings. The largest absolute Gasteiger partial charge is 0.358 e. The maximum absolute atomic E-state index is 12.6. The number of aromatic nitrogens is 1. The first-order valence-electron chi connectivity index (χ1n) is 7.51. The molecule has 24 heavy (non-hydrogen) atoms. The van der Waals surface area contributed by atoms with E-state index in [9.17, 15) is 14.4 Å². The number of fused-ring (bicyclic) bond motifs is 1. The molecule has 3 aromatic rings. The quantitative estimate of drug-likeness (QED) is 0.570. The number of carbonyl (C=O) groups is 3. The third-order valence-electron chi connectivity index (χ3n) is 3.85. The highest BCUT2D eigenvalue weighted by atomic mass is 16.2. The Morgan fingerprint density at radius 3 is 2.50 bits per heavy atom. The van der Waals surface area contributed by atoms with E-state index in [4.69, 9.17) is 0 Å². The van der Waals surface area contributed by atoms with Crippen molar-refractivity contribution < 1.29 is 14.4 Å². The van der Waals surface area contributed by atoms with E-state index in [0.29, 0.717) is 27.9 Å². The summed E-state index contributed by atoms with van der Waals surface area (Å²) in [4.78, 5) is 39.4. The number of amides is 1. The lowest BCUT2D eigenvalue weighted by Gasteiger charge is -2.06. The zero-order chi connectivity index (χ0) is 17.3. The number of aromatic amines is 1. The molecule has 2 aromatic carbocycles. The summed E-state index contributed by atoms with van der Waals surface area (Å²) >= 11 is 0. The average molecular weight is 320 g/mol. The topological polar surface area (TPSA) is 79.0 Å². The maximum atomic E-state index is 12.6. The molecule has 0 aliphatic carbocycles. The normalized spacial score (nSPS) is 10.6. The van der Waals surface area contributed by atoms with Crippen molar-refractivity contribution in [2.24, 2.45) is 0 Å². The Balaban J connectivity index is 1.90. The van der Waals surface area contributed by atoms with Crippen molar-refractivity contribution in [3.05, 3.63) is 65.4 Å². The monoisotopic (exact) mass is 320 g/mol. The lowest BCUT2D eigenvalue weighted by Crippen LogP contribution is -2.23. The van der Waals surface area contributed by atoms with Gasteiger partial charge in [-0.25, -0.2) is 0 Å². The number of Topliss-reactive ketones (excluding diaryl/α,β-unsaturated/α-hetero) is 2. The van der Waals surface area contributed by atoms with Crippen molar-refractivity contribution in [3.8, 4) is 0 Å². The van der Waals surface area contributed by atoms with Crippen molar-refractivity contribution in [1.29, 1.82) is 0 Å². The average Bonchev–Trinajstić information content (AvgIpc) is 2.90. The van der Waals surface area contributed by atoms with Gasteiger partial charge in [0.25, 0.3) is 11.7 Å². The van der Waals surface area contributed by atoms with E-state index in [1.807, 2.05) is 18.2 Å². The maximum Gasteiger partial charge on any atom is 0.296 e. The summed E-state index contributed by atoms with van der Waals surface area (Å²) in [5, 5.41) is 3.28. The molecule has 0 aliphatic rings. The van der Waals surface area contributed by atoms with Crippen molar-refractivity contribution >= 4 is 34.1 Å². The molecule has 0 atom stereocenters. The van der Waals surface area contributed by atoms with Crippen LogP contribution in [-0.4, -0.2) is 22.5 Å². The molecular weight excluding hydrogens is 304 g/mol. The van der Waals surface area contributed by atoms with E-state index in [0.717, 1.165) is 5.52 Å². The van der Waals surface area contributed by atoms with E-state index in [1.54, 1.807) is 37.3 Å². The molecule has 0 aliphatic heterocycles. The molecule has 0 radical (unpaired) electrons. The molecule has 2 N–H and O–H groups in total. The molecule has 5 nitrogen and oxygen atoms in total. The van der Waals surface area contributed by atoms with E-state index >= 15 is 0 Å². The van der Waals surface area contributed by atoms with Crippen LogP contribution in [-0.2, 0) is 4.79 Å². The standard InChI is InChI=1S/C19H16N2O3/c1-11-17(15-8-3-4-9-16(15)20-11)18(23)19(24)21-14-7-5-6-13(10-14)12(2)22/h3-10,20H,1-2H3,(H,21,24). The number of nitrogens with one attached hydrogen (secondary N) is 2. The summed E-state index contributed by atoms with van der Waals surface area (Å²) in [6.45, 7) is 3.21. The zero-order valence-corrected chi connectivity index (χ0v) is 13.3. The Labute approximate surface area is 138 Å². The van der Waals surface area contributed by atoms with Gasteiger partial charge in [-0.2, -0.15) is 0 Å². The summed E-state index contributed by atoms with van der Waals surface area (Å²) in [7, 11) is 0. The van der Waals surface area contributed by atoms with Crippen molar-refractivity contribution in [2.75, 3.05) is 5.32 Å². The number of H-pyrrole nitrogens is 1. The molecule has 1 heterocycles. The predicted molar refractivity (Wildman–Crippen MR) is 92.4 cm³/mol. The number of anilines is 1. The Bertz CT molecular complexity index is 970. The zero-order valence-electron chi connectivity index (χ0n) is 13.3. The fourth-order valence-corrected chi connectivity index (χ4v) is 2.69. The van der Waals surface area contributed by atoms with Crippen molar-refractivity contribution in [2.45, 2.75) is 13.8 Å². The Morgan fingerprint density at radius 2 is 1.75 bits per heavy atom. The fourth-order valence-electron chi connectivity index (χ4n) is 2.69. The van der Waals surface area contributed by atoms with E-state index in [1.165, 1.54) is 6.92 Å². The second-order valence-corrected chi connectivity index (χ2v) is 5.59. The molecule has 0 saturated heterocycles. The Kier molecular flexibility index (Phi) is 4.00. The van der Waals surface area contributed by atoms with Crippen LogP contribution in [0.3, 0.4) is 0 Å². The second-order valence-electron chi connectivity index (χ2n) is 5.59. The van der Waals surface area contributed by atoms with Crippen LogP contribution in [0.2, 0.25) is 0 Å². The number of benzene rings is 2. The van der Waals surface area contributed by atoms with Gasteiger partial charge in [0.1, 0.15) is 0 Å². The van der Waals surface area contributed by atoms with Crippen LogP contribution in [0.1, 0.15) is 33.3 Å². The SMILES string of the molecule is CC(=O)c1cccc(NC(=O)C(=O)c2c(C)[nH]c3ccccc23)c1. The van der Waals surface area contributed by atoms with Crippen LogP contribution in [0.5, 0.6) is 0 Å². The minimum Gasteiger partial charge on any atom is -0.358 e. The van der Waals surface area contributed by atoms with Gasteiger partial charge in [-0.1, -0.05) is 30.3 Å². The highest BCUT2D eigenvalue weighted by molar-refractivity contribution is 6.48. The lowest BCUT2D eigenvalue weighted by atomic mass is 10.1. The molecule has 0 saturated carbocycles. The van der Waals surface area contributed by atoms with Gasteiger partial charge in [-0.15, -0.1) is 0 Å². The van der Waals surface area contributed by atoms with Crippen LogP contribution < -0.4 is 5.32 Å².